The highest BCUT2D eigenvalue weighted by molar-refractivity contribution is 5.80. The fourth-order valence-corrected chi connectivity index (χ4v) is 2.35. The lowest BCUT2D eigenvalue weighted by Gasteiger charge is -2.22. The van der Waals surface area contributed by atoms with Gasteiger partial charge in [0.05, 0.1) is 14.2 Å². The zero-order valence-electron chi connectivity index (χ0n) is 14.5. The maximum atomic E-state index is 12.5. The number of likely N-dealkylation sites (N-methyl/N-ethyl adjacent to an activating group) is 1. The molecule has 0 bridgehead atoms. The molecule has 0 unspecified atom stereocenters. The largest absolute Gasteiger partial charge is 0.496 e. The second-order valence-corrected chi connectivity index (χ2v) is 5.49. The topological polar surface area (TPSA) is 48.0 Å². The Morgan fingerprint density at radius 1 is 1.00 bits per heavy atom. The fraction of sp³-hybridized carbons (Fsp3) is 0.316. The minimum atomic E-state index is -0.615. The Kier molecular flexibility index (Phi) is 6.07. The monoisotopic (exact) mass is 329 g/mol. The number of ether oxygens (including phenoxy) is 3. The smallest absolute Gasteiger partial charge is 0.263 e. The molecule has 0 aromatic heterocycles. The molecule has 0 radical (unpaired) electrons. The van der Waals surface area contributed by atoms with Crippen molar-refractivity contribution in [2.45, 2.75) is 19.6 Å². The van der Waals surface area contributed by atoms with E-state index in [4.69, 9.17) is 14.2 Å². The van der Waals surface area contributed by atoms with Gasteiger partial charge < -0.3 is 19.1 Å². The van der Waals surface area contributed by atoms with Gasteiger partial charge in [-0.15, -0.1) is 0 Å². The Balaban J connectivity index is 2.03. The lowest BCUT2D eigenvalue weighted by molar-refractivity contribution is -0.137. The van der Waals surface area contributed by atoms with Crippen LogP contribution in [0.5, 0.6) is 17.2 Å². The van der Waals surface area contributed by atoms with E-state index in [1.165, 1.54) is 0 Å². The summed E-state index contributed by atoms with van der Waals surface area (Å²) in [6.07, 6.45) is -0.615. The SMILES string of the molecule is COc1cc(OC)cc(O[C@@H](C)C(=O)N(C)Cc2ccccc2)c1. The molecule has 2 aromatic rings. The average molecular weight is 329 g/mol. The second kappa shape index (κ2) is 8.24. The molecule has 24 heavy (non-hydrogen) atoms. The van der Waals surface area contributed by atoms with Gasteiger partial charge in [-0.05, 0) is 12.5 Å². The summed E-state index contributed by atoms with van der Waals surface area (Å²) in [4.78, 5) is 14.1. The van der Waals surface area contributed by atoms with Crippen molar-refractivity contribution in [3.8, 4) is 17.2 Å². The standard InChI is InChI=1S/C19H23NO4/c1-14(19(21)20(2)13-15-8-6-5-7-9-15)24-18-11-16(22-3)10-17(12-18)23-4/h5-12,14H,13H2,1-4H3/t14-/m0/s1. The second-order valence-electron chi connectivity index (χ2n) is 5.49. The number of carbonyl (C=O) groups is 1. The minimum absolute atomic E-state index is 0.0966. The zero-order chi connectivity index (χ0) is 17.5. The lowest BCUT2D eigenvalue weighted by atomic mass is 10.2. The van der Waals surface area contributed by atoms with Crippen molar-refractivity contribution in [1.29, 1.82) is 0 Å². The molecule has 0 aliphatic heterocycles. The molecule has 0 saturated carbocycles. The van der Waals surface area contributed by atoms with Crippen LogP contribution in [0.15, 0.2) is 48.5 Å². The Bertz CT molecular complexity index is 650. The molecule has 0 aliphatic rings. The van der Waals surface area contributed by atoms with Crippen molar-refractivity contribution in [1.82, 2.24) is 4.90 Å². The van der Waals surface area contributed by atoms with Crippen molar-refractivity contribution in [2.24, 2.45) is 0 Å². The lowest BCUT2D eigenvalue weighted by Crippen LogP contribution is -2.37. The van der Waals surface area contributed by atoms with Crippen LogP contribution >= 0.6 is 0 Å². The first-order valence-electron chi connectivity index (χ1n) is 7.72. The molecule has 5 nitrogen and oxygen atoms in total. The normalized spacial score (nSPS) is 11.5. The highest BCUT2D eigenvalue weighted by Crippen LogP contribution is 2.28. The van der Waals surface area contributed by atoms with Crippen molar-refractivity contribution < 1.29 is 19.0 Å². The molecule has 0 spiro atoms. The fourth-order valence-electron chi connectivity index (χ4n) is 2.35. The Labute approximate surface area is 142 Å². The Hall–Kier alpha value is -2.69. The third-order valence-electron chi connectivity index (χ3n) is 3.62. The first-order chi connectivity index (χ1) is 11.5. The maximum absolute atomic E-state index is 12.5. The highest BCUT2D eigenvalue weighted by Gasteiger charge is 2.20. The molecule has 1 atom stereocenters. The number of hydrogen-bond acceptors (Lipinski definition) is 4. The van der Waals surface area contributed by atoms with E-state index in [0.717, 1.165) is 5.56 Å². The van der Waals surface area contributed by atoms with Gasteiger partial charge in [0.2, 0.25) is 0 Å². The van der Waals surface area contributed by atoms with E-state index in [1.54, 1.807) is 51.3 Å². The number of hydrogen-bond donors (Lipinski definition) is 0. The first-order valence-corrected chi connectivity index (χ1v) is 7.72. The summed E-state index contributed by atoms with van der Waals surface area (Å²) in [5.41, 5.74) is 1.07. The van der Waals surface area contributed by atoms with Crippen molar-refractivity contribution in [2.75, 3.05) is 21.3 Å². The van der Waals surface area contributed by atoms with Gasteiger partial charge in [-0.25, -0.2) is 0 Å². The molecule has 0 heterocycles. The van der Waals surface area contributed by atoms with Gasteiger partial charge in [0.25, 0.3) is 5.91 Å². The van der Waals surface area contributed by atoms with E-state index in [0.29, 0.717) is 23.8 Å². The summed E-state index contributed by atoms with van der Waals surface area (Å²) < 4.78 is 16.2. The van der Waals surface area contributed by atoms with Crippen LogP contribution in [0.4, 0.5) is 0 Å². The van der Waals surface area contributed by atoms with E-state index in [-0.39, 0.29) is 5.91 Å². The minimum Gasteiger partial charge on any atom is -0.496 e. The Morgan fingerprint density at radius 3 is 2.08 bits per heavy atom. The number of nitrogens with zero attached hydrogens (tertiary/aromatic N) is 1. The molecule has 2 aromatic carbocycles. The van der Waals surface area contributed by atoms with Gasteiger partial charge in [0.15, 0.2) is 6.10 Å². The molecular formula is C19H23NO4. The number of rotatable bonds is 7. The van der Waals surface area contributed by atoms with Gasteiger partial charge in [0.1, 0.15) is 17.2 Å². The third kappa shape index (κ3) is 4.65. The number of amides is 1. The van der Waals surface area contributed by atoms with Gasteiger partial charge in [-0.2, -0.15) is 0 Å². The zero-order valence-corrected chi connectivity index (χ0v) is 14.5. The maximum Gasteiger partial charge on any atom is 0.263 e. The molecule has 0 N–H and O–H groups in total. The third-order valence-corrected chi connectivity index (χ3v) is 3.62. The first kappa shape index (κ1) is 17.7. The van der Waals surface area contributed by atoms with E-state index >= 15 is 0 Å². The molecule has 2 rings (SSSR count). The van der Waals surface area contributed by atoms with Crippen LogP contribution in [-0.4, -0.2) is 38.2 Å². The molecule has 5 heteroatoms. The number of benzene rings is 2. The molecule has 0 saturated heterocycles. The van der Waals surface area contributed by atoms with E-state index < -0.39 is 6.10 Å². The molecule has 0 fully saturated rings. The van der Waals surface area contributed by atoms with Crippen LogP contribution in [-0.2, 0) is 11.3 Å². The van der Waals surface area contributed by atoms with Gasteiger partial charge in [0, 0.05) is 31.8 Å². The Morgan fingerprint density at radius 2 is 1.54 bits per heavy atom. The summed E-state index contributed by atoms with van der Waals surface area (Å²) in [5.74, 6) is 1.66. The van der Waals surface area contributed by atoms with Crippen LogP contribution in [0.3, 0.4) is 0 Å². The van der Waals surface area contributed by atoms with Gasteiger partial charge in [-0.1, -0.05) is 30.3 Å². The van der Waals surface area contributed by atoms with Crippen LogP contribution in [0.2, 0.25) is 0 Å². The summed E-state index contributed by atoms with van der Waals surface area (Å²) in [5, 5.41) is 0. The predicted octanol–water partition coefficient (Wildman–Crippen LogP) is 3.13. The van der Waals surface area contributed by atoms with Crippen LogP contribution in [0, 0.1) is 0 Å². The van der Waals surface area contributed by atoms with E-state index in [2.05, 4.69) is 0 Å². The van der Waals surface area contributed by atoms with Crippen molar-refractivity contribution in [3.05, 3.63) is 54.1 Å². The van der Waals surface area contributed by atoms with Crippen LogP contribution in [0.25, 0.3) is 0 Å². The quantitative estimate of drug-likeness (QED) is 0.783. The van der Waals surface area contributed by atoms with Crippen molar-refractivity contribution in [3.63, 3.8) is 0 Å². The van der Waals surface area contributed by atoms with Crippen LogP contribution < -0.4 is 14.2 Å². The molecular weight excluding hydrogens is 306 g/mol. The number of carbonyl (C=O) groups excluding carboxylic acids is 1. The molecule has 1 amide bonds. The molecule has 0 aliphatic carbocycles. The van der Waals surface area contributed by atoms with Gasteiger partial charge in [-0.3, -0.25) is 4.79 Å². The summed E-state index contributed by atoms with van der Waals surface area (Å²) in [6, 6.07) is 15.0. The summed E-state index contributed by atoms with van der Waals surface area (Å²) >= 11 is 0. The van der Waals surface area contributed by atoms with Crippen molar-refractivity contribution >= 4 is 5.91 Å². The average Bonchev–Trinajstić information content (AvgIpc) is 2.61. The number of methoxy groups -OCH3 is 2. The van der Waals surface area contributed by atoms with Crippen LogP contribution in [0.1, 0.15) is 12.5 Å². The summed E-state index contributed by atoms with van der Waals surface area (Å²) in [7, 11) is 4.91. The predicted molar refractivity (Wildman–Crippen MR) is 92.6 cm³/mol. The van der Waals surface area contributed by atoms with E-state index in [1.807, 2.05) is 30.3 Å². The highest BCUT2D eigenvalue weighted by atomic mass is 16.5. The summed E-state index contributed by atoms with van der Waals surface area (Å²) in [6.45, 7) is 2.27. The van der Waals surface area contributed by atoms with Gasteiger partial charge >= 0.3 is 0 Å². The van der Waals surface area contributed by atoms with E-state index in [9.17, 15) is 4.79 Å². The molecule has 128 valence electrons.